The molecule has 2 fully saturated rings. The summed E-state index contributed by atoms with van der Waals surface area (Å²) < 4.78 is 2.03. The van der Waals surface area contributed by atoms with E-state index in [1.54, 1.807) is 23.7 Å². The van der Waals surface area contributed by atoms with Gasteiger partial charge in [-0.25, -0.2) is 4.98 Å². The van der Waals surface area contributed by atoms with Gasteiger partial charge in [-0.05, 0) is 37.5 Å². The smallest absolute Gasteiger partial charge is 0.267 e. The normalized spacial score (nSPS) is 19.8. The van der Waals surface area contributed by atoms with Gasteiger partial charge in [-0.15, -0.1) is 0 Å². The number of aryl methyl sites for hydroxylation is 1. The van der Waals surface area contributed by atoms with E-state index in [-0.39, 0.29) is 11.5 Å². The van der Waals surface area contributed by atoms with E-state index in [2.05, 4.69) is 5.32 Å². The summed E-state index contributed by atoms with van der Waals surface area (Å²) >= 11 is 6.43. The highest BCUT2D eigenvalue weighted by molar-refractivity contribution is 8.26. The van der Waals surface area contributed by atoms with E-state index in [0.717, 1.165) is 18.4 Å². The number of thiocarbonyl (C=S) groups is 1. The molecular weight excluding hydrogens is 392 g/mol. The van der Waals surface area contributed by atoms with E-state index < -0.39 is 0 Å². The van der Waals surface area contributed by atoms with Crippen LogP contribution < -0.4 is 10.9 Å². The number of carbonyl (C=O) groups is 1. The molecular formula is C20H22N4O2S2. The van der Waals surface area contributed by atoms with Crippen LogP contribution in [0.1, 0.15) is 43.2 Å². The highest BCUT2D eigenvalue weighted by Gasteiger charge is 2.30. The van der Waals surface area contributed by atoms with Gasteiger partial charge in [0.05, 0.1) is 10.5 Å². The summed E-state index contributed by atoms with van der Waals surface area (Å²) in [7, 11) is 1.65. The predicted octanol–water partition coefficient (Wildman–Crippen LogP) is 3.58. The highest BCUT2D eigenvalue weighted by atomic mass is 32.2. The third-order valence-electron chi connectivity index (χ3n) is 5.21. The molecule has 2 aromatic rings. The third-order valence-corrected chi connectivity index (χ3v) is 6.70. The first-order chi connectivity index (χ1) is 13.4. The van der Waals surface area contributed by atoms with Crippen molar-refractivity contribution in [1.29, 1.82) is 0 Å². The largest absolute Gasteiger partial charge is 0.367 e. The summed E-state index contributed by atoms with van der Waals surface area (Å²) in [5, 5.41) is 3.47. The predicted molar refractivity (Wildman–Crippen MR) is 118 cm³/mol. The number of aromatic nitrogens is 2. The van der Waals surface area contributed by atoms with Crippen molar-refractivity contribution >= 4 is 51.7 Å². The van der Waals surface area contributed by atoms with E-state index >= 15 is 0 Å². The Balaban J connectivity index is 1.85. The maximum atomic E-state index is 13.3. The fourth-order valence-electron chi connectivity index (χ4n) is 3.62. The van der Waals surface area contributed by atoms with Crippen LogP contribution in [-0.2, 0) is 4.79 Å². The van der Waals surface area contributed by atoms with Gasteiger partial charge in [0.1, 0.15) is 15.8 Å². The Morgan fingerprint density at radius 1 is 1.25 bits per heavy atom. The van der Waals surface area contributed by atoms with Gasteiger partial charge in [0.25, 0.3) is 11.5 Å². The van der Waals surface area contributed by atoms with Crippen LogP contribution >= 0.6 is 24.0 Å². The van der Waals surface area contributed by atoms with Crippen molar-refractivity contribution < 1.29 is 4.79 Å². The number of thioether (sulfide) groups is 1. The molecule has 1 aliphatic heterocycles. The Labute approximate surface area is 173 Å². The minimum Gasteiger partial charge on any atom is -0.367 e. The van der Waals surface area contributed by atoms with E-state index in [4.69, 9.17) is 17.2 Å². The second-order valence-corrected chi connectivity index (χ2v) is 9.01. The Bertz CT molecular complexity index is 1050. The first kappa shape index (κ1) is 19.1. The van der Waals surface area contributed by atoms with E-state index in [1.807, 2.05) is 19.1 Å². The van der Waals surface area contributed by atoms with Gasteiger partial charge >= 0.3 is 0 Å². The molecule has 0 radical (unpaired) electrons. The molecule has 3 heterocycles. The average molecular weight is 415 g/mol. The number of nitrogens with one attached hydrogen (secondary N) is 1. The molecule has 2 aromatic heterocycles. The van der Waals surface area contributed by atoms with Gasteiger partial charge in [0.2, 0.25) is 0 Å². The second-order valence-electron chi connectivity index (χ2n) is 7.33. The van der Waals surface area contributed by atoms with Gasteiger partial charge < -0.3 is 5.32 Å². The molecule has 0 bridgehead atoms. The van der Waals surface area contributed by atoms with E-state index in [0.29, 0.717) is 32.3 Å². The second kappa shape index (κ2) is 7.67. The fourth-order valence-corrected chi connectivity index (χ4v) is 4.78. The molecule has 8 heteroatoms. The number of anilines is 1. The molecule has 0 atom stereocenters. The van der Waals surface area contributed by atoms with Crippen LogP contribution in [0.2, 0.25) is 0 Å². The summed E-state index contributed by atoms with van der Waals surface area (Å²) in [5.74, 6) is 0.356. The van der Waals surface area contributed by atoms with Crippen molar-refractivity contribution in [2.45, 2.75) is 45.1 Å². The SMILES string of the molecule is Cc1ccc2nc(NC3CCCCC3)c(/C=C3/SC(=S)N(C)C3=O)c(=O)n2c1. The third kappa shape index (κ3) is 3.58. The quantitative estimate of drug-likeness (QED) is 0.612. The van der Waals surface area contributed by atoms with Gasteiger partial charge in [-0.1, -0.05) is 49.3 Å². The zero-order valence-corrected chi connectivity index (χ0v) is 17.5. The number of fused-ring (bicyclic) bond motifs is 1. The van der Waals surface area contributed by atoms with Gasteiger partial charge in [0, 0.05) is 19.3 Å². The standard InChI is InChI=1S/C20H22N4O2S2/c1-12-8-9-16-22-17(21-13-6-4-3-5-7-13)14(18(25)24(16)11-12)10-15-19(26)23(2)20(27)28-15/h8-11,13,21H,3-7H2,1-2H3/b15-10+. The number of amides is 1. The Morgan fingerprint density at radius 2 is 2.00 bits per heavy atom. The van der Waals surface area contributed by atoms with Crippen molar-refractivity contribution in [3.8, 4) is 0 Å². The molecule has 1 amide bonds. The molecule has 4 rings (SSSR count). The van der Waals surface area contributed by atoms with Crippen LogP contribution in [0, 0.1) is 6.92 Å². The molecule has 6 nitrogen and oxygen atoms in total. The zero-order valence-electron chi connectivity index (χ0n) is 15.9. The minimum absolute atomic E-state index is 0.187. The Hall–Kier alpha value is -2.19. The van der Waals surface area contributed by atoms with Crippen LogP contribution in [0.25, 0.3) is 11.7 Å². The molecule has 1 saturated heterocycles. The Morgan fingerprint density at radius 3 is 2.68 bits per heavy atom. The number of pyridine rings is 1. The topological polar surface area (TPSA) is 66.7 Å². The van der Waals surface area contributed by atoms with Gasteiger partial charge in [-0.2, -0.15) is 0 Å². The lowest BCUT2D eigenvalue weighted by molar-refractivity contribution is -0.121. The van der Waals surface area contributed by atoms with Crippen molar-refractivity contribution in [3.05, 3.63) is 44.7 Å². The van der Waals surface area contributed by atoms with Crippen LogP contribution in [0.4, 0.5) is 5.82 Å². The first-order valence-electron chi connectivity index (χ1n) is 9.45. The van der Waals surface area contributed by atoms with Crippen molar-refractivity contribution in [2.24, 2.45) is 0 Å². The van der Waals surface area contributed by atoms with E-state index in [9.17, 15) is 9.59 Å². The summed E-state index contributed by atoms with van der Waals surface area (Å²) in [6.07, 6.45) is 9.13. The highest BCUT2D eigenvalue weighted by Crippen LogP contribution is 2.32. The number of hydrogen-bond acceptors (Lipinski definition) is 6. The van der Waals surface area contributed by atoms with E-state index in [1.165, 1.54) is 35.9 Å². The fraction of sp³-hybridized carbons (Fsp3) is 0.400. The summed E-state index contributed by atoms with van der Waals surface area (Å²) in [4.78, 5) is 32.3. The summed E-state index contributed by atoms with van der Waals surface area (Å²) in [5.41, 5.74) is 1.78. The molecule has 2 aliphatic rings. The summed E-state index contributed by atoms with van der Waals surface area (Å²) in [6, 6.07) is 4.08. The molecule has 1 aliphatic carbocycles. The van der Waals surface area contributed by atoms with Gasteiger partial charge in [0.15, 0.2) is 0 Å². The zero-order chi connectivity index (χ0) is 19.8. The van der Waals surface area contributed by atoms with Crippen LogP contribution in [0.5, 0.6) is 0 Å². The first-order valence-corrected chi connectivity index (χ1v) is 10.7. The van der Waals surface area contributed by atoms with Crippen molar-refractivity contribution in [2.75, 3.05) is 12.4 Å². The number of hydrogen-bond donors (Lipinski definition) is 1. The lowest BCUT2D eigenvalue weighted by Gasteiger charge is -2.24. The number of nitrogens with zero attached hydrogens (tertiary/aromatic N) is 3. The monoisotopic (exact) mass is 414 g/mol. The van der Waals surface area contributed by atoms with Crippen molar-refractivity contribution in [3.63, 3.8) is 0 Å². The maximum absolute atomic E-state index is 13.3. The number of rotatable bonds is 3. The lowest BCUT2D eigenvalue weighted by atomic mass is 9.95. The summed E-state index contributed by atoms with van der Waals surface area (Å²) in [6.45, 7) is 1.93. The molecule has 1 N–H and O–H groups in total. The van der Waals surface area contributed by atoms with Gasteiger partial charge in [-0.3, -0.25) is 18.9 Å². The van der Waals surface area contributed by atoms with Crippen LogP contribution in [-0.4, -0.2) is 37.6 Å². The van der Waals surface area contributed by atoms with Crippen LogP contribution in [0.3, 0.4) is 0 Å². The number of carbonyl (C=O) groups excluding carboxylic acids is 1. The molecule has 28 heavy (non-hydrogen) atoms. The maximum Gasteiger partial charge on any atom is 0.267 e. The molecule has 0 aromatic carbocycles. The lowest BCUT2D eigenvalue weighted by Crippen LogP contribution is -2.27. The number of likely N-dealkylation sites (N-methyl/N-ethyl adjacent to an activating group) is 1. The average Bonchev–Trinajstić information content (AvgIpc) is 2.93. The minimum atomic E-state index is -0.188. The molecule has 1 saturated carbocycles. The molecule has 146 valence electrons. The molecule has 0 unspecified atom stereocenters. The van der Waals surface area contributed by atoms with Crippen molar-refractivity contribution in [1.82, 2.24) is 14.3 Å². The Kier molecular flexibility index (Phi) is 5.25. The van der Waals surface area contributed by atoms with Crippen LogP contribution in [0.15, 0.2) is 28.0 Å². The molecule has 0 spiro atoms.